The molecular weight excluding hydrogens is 286 g/mol. The molecule has 0 saturated carbocycles. The Bertz CT molecular complexity index is 453. The SMILES string of the molecule is Cc1cc(Br)oc1C(=O)N[C@@H]1C=C[C@H](CO)C1. The number of aryl methyl sites for hydroxylation is 1. The van der Waals surface area contributed by atoms with Gasteiger partial charge in [0.25, 0.3) is 5.91 Å². The summed E-state index contributed by atoms with van der Waals surface area (Å²) in [5, 5.41) is 11.9. The van der Waals surface area contributed by atoms with Gasteiger partial charge in [-0.15, -0.1) is 0 Å². The lowest BCUT2D eigenvalue weighted by molar-refractivity contribution is 0.0911. The molecule has 0 radical (unpaired) electrons. The quantitative estimate of drug-likeness (QED) is 0.840. The van der Waals surface area contributed by atoms with Gasteiger partial charge in [0.15, 0.2) is 10.4 Å². The second-order valence-corrected chi connectivity index (χ2v) is 4.99. The third-order valence-corrected chi connectivity index (χ3v) is 3.21. The molecule has 0 bridgehead atoms. The van der Waals surface area contributed by atoms with Crippen molar-refractivity contribution >= 4 is 21.8 Å². The highest BCUT2D eigenvalue weighted by Crippen LogP contribution is 2.21. The molecule has 4 nitrogen and oxygen atoms in total. The number of amides is 1. The molecule has 1 heterocycles. The van der Waals surface area contributed by atoms with E-state index in [-0.39, 0.29) is 24.5 Å². The van der Waals surface area contributed by atoms with Crippen LogP contribution >= 0.6 is 15.9 Å². The fraction of sp³-hybridized carbons (Fsp3) is 0.417. The third kappa shape index (κ3) is 2.79. The van der Waals surface area contributed by atoms with Gasteiger partial charge in [0.2, 0.25) is 0 Å². The van der Waals surface area contributed by atoms with Crippen molar-refractivity contribution in [3.8, 4) is 0 Å². The molecule has 1 aliphatic rings. The molecular formula is C12H14BrNO3. The molecule has 1 aromatic heterocycles. The average molecular weight is 300 g/mol. The van der Waals surface area contributed by atoms with Crippen LogP contribution in [0.25, 0.3) is 0 Å². The van der Waals surface area contributed by atoms with Crippen molar-refractivity contribution in [1.29, 1.82) is 0 Å². The molecule has 17 heavy (non-hydrogen) atoms. The van der Waals surface area contributed by atoms with Gasteiger partial charge >= 0.3 is 0 Å². The second-order valence-electron chi connectivity index (χ2n) is 4.21. The summed E-state index contributed by atoms with van der Waals surface area (Å²) in [4.78, 5) is 11.9. The highest BCUT2D eigenvalue weighted by atomic mass is 79.9. The van der Waals surface area contributed by atoms with Crippen LogP contribution < -0.4 is 5.32 Å². The number of halogens is 1. The summed E-state index contributed by atoms with van der Waals surface area (Å²) in [6.45, 7) is 1.94. The lowest BCUT2D eigenvalue weighted by Crippen LogP contribution is -2.33. The van der Waals surface area contributed by atoms with Gasteiger partial charge in [-0.2, -0.15) is 0 Å². The smallest absolute Gasteiger partial charge is 0.287 e. The van der Waals surface area contributed by atoms with E-state index in [4.69, 9.17) is 9.52 Å². The monoisotopic (exact) mass is 299 g/mol. The van der Waals surface area contributed by atoms with Crippen LogP contribution in [0.3, 0.4) is 0 Å². The Morgan fingerprint density at radius 3 is 2.94 bits per heavy atom. The van der Waals surface area contributed by atoms with Gasteiger partial charge in [-0.05, 0) is 35.3 Å². The fourth-order valence-electron chi connectivity index (χ4n) is 1.92. The van der Waals surface area contributed by atoms with Crippen LogP contribution in [0.2, 0.25) is 0 Å². The Morgan fingerprint density at radius 2 is 2.41 bits per heavy atom. The predicted molar refractivity (Wildman–Crippen MR) is 66.7 cm³/mol. The van der Waals surface area contributed by atoms with Crippen molar-refractivity contribution in [2.45, 2.75) is 19.4 Å². The van der Waals surface area contributed by atoms with Crippen molar-refractivity contribution in [1.82, 2.24) is 5.32 Å². The Hall–Kier alpha value is -1.07. The van der Waals surface area contributed by atoms with Crippen molar-refractivity contribution in [2.75, 3.05) is 6.61 Å². The predicted octanol–water partition coefficient (Wildman–Crippen LogP) is 2.02. The van der Waals surface area contributed by atoms with Crippen molar-refractivity contribution in [3.05, 3.63) is 34.2 Å². The summed E-state index contributed by atoms with van der Waals surface area (Å²) >= 11 is 3.19. The van der Waals surface area contributed by atoms with Crippen LogP contribution in [-0.2, 0) is 0 Å². The van der Waals surface area contributed by atoms with E-state index < -0.39 is 0 Å². The Morgan fingerprint density at radius 1 is 1.65 bits per heavy atom. The highest BCUT2D eigenvalue weighted by Gasteiger charge is 2.22. The van der Waals surface area contributed by atoms with Crippen LogP contribution in [0, 0.1) is 12.8 Å². The summed E-state index contributed by atoms with van der Waals surface area (Å²) in [5.74, 6) is 0.254. The fourth-order valence-corrected chi connectivity index (χ4v) is 2.42. The zero-order valence-electron chi connectivity index (χ0n) is 9.44. The molecule has 0 aromatic carbocycles. The lowest BCUT2D eigenvalue weighted by Gasteiger charge is -2.11. The molecule has 1 amide bonds. The molecule has 0 unspecified atom stereocenters. The maximum Gasteiger partial charge on any atom is 0.287 e. The first-order valence-electron chi connectivity index (χ1n) is 5.46. The molecule has 1 aliphatic carbocycles. The van der Waals surface area contributed by atoms with E-state index in [1.54, 1.807) is 6.07 Å². The van der Waals surface area contributed by atoms with Crippen LogP contribution in [-0.4, -0.2) is 23.7 Å². The van der Waals surface area contributed by atoms with Gasteiger partial charge in [0, 0.05) is 24.1 Å². The van der Waals surface area contributed by atoms with Crippen molar-refractivity contribution < 1.29 is 14.3 Å². The van der Waals surface area contributed by atoms with E-state index in [1.165, 1.54) is 0 Å². The summed E-state index contributed by atoms with van der Waals surface area (Å²) in [5.41, 5.74) is 0.801. The molecule has 1 aromatic rings. The first-order chi connectivity index (χ1) is 8.10. The first kappa shape index (κ1) is 12.4. The molecule has 0 saturated heterocycles. The van der Waals surface area contributed by atoms with Gasteiger partial charge in [0.1, 0.15) is 0 Å². The van der Waals surface area contributed by atoms with Crippen LogP contribution in [0.15, 0.2) is 27.3 Å². The van der Waals surface area contributed by atoms with Gasteiger partial charge in [-0.3, -0.25) is 4.79 Å². The normalized spacial score (nSPS) is 23.0. The van der Waals surface area contributed by atoms with Gasteiger partial charge in [-0.25, -0.2) is 0 Å². The van der Waals surface area contributed by atoms with Gasteiger partial charge in [0.05, 0.1) is 0 Å². The Labute approximate surface area is 108 Å². The molecule has 2 N–H and O–H groups in total. The summed E-state index contributed by atoms with van der Waals surface area (Å²) in [6, 6.07) is 1.73. The molecule has 0 fully saturated rings. The summed E-state index contributed by atoms with van der Waals surface area (Å²) in [6.07, 6.45) is 4.57. The number of hydrogen-bond donors (Lipinski definition) is 2. The largest absolute Gasteiger partial charge is 0.444 e. The summed E-state index contributed by atoms with van der Waals surface area (Å²) in [7, 11) is 0. The number of aliphatic hydroxyl groups is 1. The van der Waals surface area contributed by atoms with Gasteiger partial charge in [-0.1, -0.05) is 12.2 Å². The van der Waals surface area contributed by atoms with Crippen LogP contribution in [0.1, 0.15) is 22.5 Å². The van der Waals surface area contributed by atoms with E-state index in [1.807, 2.05) is 19.1 Å². The first-order valence-corrected chi connectivity index (χ1v) is 6.25. The average Bonchev–Trinajstić information content (AvgIpc) is 2.85. The zero-order valence-corrected chi connectivity index (χ0v) is 11.0. The maximum absolute atomic E-state index is 11.9. The van der Waals surface area contributed by atoms with Crippen LogP contribution in [0.5, 0.6) is 0 Å². The molecule has 5 heteroatoms. The van der Waals surface area contributed by atoms with E-state index in [2.05, 4.69) is 21.2 Å². The minimum absolute atomic E-state index is 0.0251. The number of hydrogen-bond acceptors (Lipinski definition) is 3. The Balaban J connectivity index is 1.99. The lowest BCUT2D eigenvalue weighted by atomic mass is 10.1. The molecule has 2 atom stereocenters. The topological polar surface area (TPSA) is 62.5 Å². The number of furan rings is 1. The third-order valence-electron chi connectivity index (χ3n) is 2.82. The minimum atomic E-state index is -0.221. The van der Waals surface area contributed by atoms with Crippen molar-refractivity contribution in [2.24, 2.45) is 5.92 Å². The van der Waals surface area contributed by atoms with Gasteiger partial charge < -0.3 is 14.8 Å². The zero-order chi connectivity index (χ0) is 12.4. The maximum atomic E-state index is 11.9. The molecule has 0 aliphatic heterocycles. The second kappa shape index (κ2) is 5.06. The van der Waals surface area contributed by atoms with E-state index >= 15 is 0 Å². The van der Waals surface area contributed by atoms with E-state index in [0.717, 1.165) is 12.0 Å². The number of rotatable bonds is 3. The van der Waals surface area contributed by atoms with Crippen LogP contribution in [0.4, 0.5) is 0 Å². The Kier molecular flexibility index (Phi) is 3.69. The number of nitrogens with one attached hydrogen (secondary N) is 1. The highest BCUT2D eigenvalue weighted by molar-refractivity contribution is 9.10. The molecule has 92 valence electrons. The summed E-state index contributed by atoms with van der Waals surface area (Å²) < 4.78 is 5.82. The number of carbonyl (C=O) groups is 1. The molecule has 2 rings (SSSR count). The van der Waals surface area contributed by atoms with Crippen molar-refractivity contribution in [3.63, 3.8) is 0 Å². The number of aliphatic hydroxyl groups excluding tert-OH is 1. The van der Waals surface area contributed by atoms with E-state index in [9.17, 15) is 4.79 Å². The standard InChI is InChI=1S/C12H14BrNO3/c1-7-4-10(13)17-11(7)12(16)14-9-3-2-8(5-9)6-15/h2-4,8-9,15H,5-6H2,1H3,(H,14,16)/t8-,9+/m0/s1. The minimum Gasteiger partial charge on any atom is -0.444 e. The molecule has 0 spiro atoms. The number of carbonyl (C=O) groups excluding carboxylic acids is 1. The van der Waals surface area contributed by atoms with E-state index in [0.29, 0.717) is 10.4 Å².